The number of carbonyl (C=O) groups excluding carboxylic acids is 1. The molecule has 0 bridgehead atoms. The second kappa shape index (κ2) is 10.6. The highest BCUT2D eigenvalue weighted by Crippen LogP contribution is 2.32. The van der Waals surface area contributed by atoms with Crippen LogP contribution in [0.1, 0.15) is 18.1 Å². The van der Waals surface area contributed by atoms with Crippen molar-refractivity contribution in [2.45, 2.75) is 20.3 Å². The zero-order valence-electron chi connectivity index (χ0n) is 17.3. The van der Waals surface area contributed by atoms with Crippen molar-refractivity contribution in [3.05, 3.63) is 53.6 Å². The fraction of sp³-hybridized carbons (Fsp3) is 0.364. The van der Waals surface area contributed by atoms with Crippen LogP contribution in [-0.4, -0.2) is 49.6 Å². The number of anilines is 1. The molecule has 0 saturated heterocycles. The van der Waals surface area contributed by atoms with Crippen LogP contribution in [0.2, 0.25) is 0 Å². The lowest BCUT2D eigenvalue weighted by Gasteiger charge is -2.22. The molecular weight excluding hydrogens is 406 g/mol. The second-order valence-corrected chi connectivity index (χ2v) is 8.08. The summed E-state index contributed by atoms with van der Waals surface area (Å²) < 4.78 is 6.62. The maximum absolute atomic E-state index is 13.1. The molecule has 2 aromatic carbocycles. The van der Waals surface area contributed by atoms with Gasteiger partial charge in [0.05, 0.1) is 23.2 Å². The van der Waals surface area contributed by atoms with E-state index in [1.165, 1.54) is 11.3 Å². The van der Waals surface area contributed by atoms with Gasteiger partial charge in [-0.05, 0) is 51.7 Å². The van der Waals surface area contributed by atoms with Crippen molar-refractivity contribution in [3.63, 3.8) is 0 Å². The van der Waals surface area contributed by atoms with Gasteiger partial charge in [0.2, 0.25) is 5.91 Å². The van der Waals surface area contributed by atoms with Crippen LogP contribution in [0.15, 0.2) is 42.5 Å². The summed E-state index contributed by atoms with van der Waals surface area (Å²) in [7, 11) is 4.02. The number of thiazole rings is 1. The van der Waals surface area contributed by atoms with Gasteiger partial charge in [-0.2, -0.15) is 0 Å². The molecular formula is C22H28ClN3O2S. The minimum absolute atomic E-state index is 0. The number of hydrogen-bond acceptors (Lipinski definition) is 5. The highest BCUT2D eigenvalue weighted by atomic mass is 35.5. The van der Waals surface area contributed by atoms with Crippen molar-refractivity contribution in [2.75, 3.05) is 38.7 Å². The molecule has 0 fully saturated rings. The Morgan fingerprint density at radius 1 is 1.14 bits per heavy atom. The molecule has 0 aliphatic rings. The molecule has 29 heavy (non-hydrogen) atoms. The molecule has 0 spiro atoms. The number of likely N-dealkylation sites (N-methyl/N-ethyl adjacent to an activating group) is 1. The number of halogens is 1. The fourth-order valence-electron chi connectivity index (χ4n) is 2.98. The van der Waals surface area contributed by atoms with Crippen LogP contribution < -0.4 is 9.64 Å². The maximum Gasteiger partial charge on any atom is 0.233 e. The summed E-state index contributed by atoms with van der Waals surface area (Å²) in [4.78, 5) is 21.7. The minimum Gasteiger partial charge on any atom is -0.494 e. The summed E-state index contributed by atoms with van der Waals surface area (Å²) in [5.41, 5.74) is 3.08. The Morgan fingerprint density at radius 3 is 2.62 bits per heavy atom. The molecule has 0 aliphatic heterocycles. The lowest BCUT2D eigenvalue weighted by Crippen LogP contribution is -2.37. The van der Waals surface area contributed by atoms with Crippen molar-refractivity contribution in [3.8, 4) is 5.75 Å². The van der Waals surface area contributed by atoms with Crippen molar-refractivity contribution in [1.29, 1.82) is 0 Å². The molecule has 0 N–H and O–H groups in total. The van der Waals surface area contributed by atoms with Gasteiger partial charge in [-0.15, -0.1) is 12.4 Å². The fourth-order valence-corrected chi connectivity index (χ4v) is 4.02. The Kier molecular flexibility index (Phi) is 8.44. The van der Waals surface area contributed by atoms with Gasteiger partial charge in [0.15, 0.2) is 5.13 Å². The van der Waals surface area contributed by atoms with Gasteiger partial charge in [0, 0.05) is 13.1 Å². The normalized spacial score (nSPS) is 10.8. The molecule has 7 heteroatoms. The number of aromatic nitrogens is 1. The third-order valence-corrected chi connectivity index (χ3v) is 5.44. The lowest BCUT2D eigenvalue weighted by atomic mass is 10.1. The van der Waals surface area contributed by atoms with Crippen LogP contribution in [0, 0.1) is 6.92 Å². The van der Waals surface area contributed by atoms with Crippen LogP contribution in [0.4, 0.5) is 5.13 Å². The van der Waals surface area contributed by atoms with E-state index in [-0.39, 0.29) is 18.3 Å². The maximum atomic E-state index is 13.1. The first-order chi connectivity index (χ1) is 13.5. The Morgan fingerprint density at radius 2 is 1.93 bits per heavy atom. The molecule has 0 radical (unpaired) electrons. The first-order valence-corrected chi connectivity index (χ1v) is 10.3. The molecule has 1 aromatic heterocycles. The van der Waals surface area contributed by atoms with E-state index >= 15 is 0 Å². The van der Waals surface area contributed by atoms with Gasteiger partial charge in [-0.3, -0.25) is 9.69 Å². The van der Waals surface area contributed by atoms with Gasteiger partial charge < -0.3 is 9.64 Å². The van der Waals surface area contributed by atoms with Crippen LogP contribution in [0.5, 0.6) is 5.75 Å². The summed E-state index contributed by atoms with van der Waals surface area (Å²) in [6.45, 7) is 6.02. The van der Waals surface area contributed by atoms with Gasteiger partial charge in [-0.1, -0.05) is 41.2 Å². The molecule has 0 atom stereocenters. The Balaban J connectivity index is 0.00000300. The first-order valence-electron chi connectivity index (χ1n) is 9.50. The summed E-state index contributed by atoms with van der Waals surface area (Å²) in [5.74, 6) is 0.896. The van der Waals surface area contributed by atoms with Crippen LogP contribution in [-0.2, 0) is 11.2 Å². The monoisotopic (exact) mass is 433 g/mol. The number of benzene rings is 2. The smallest absolute Gasteiger partial charge is 0.233 e. The Hall–Kier alpha value is -2.15. The van der Waals surface area contributed by atoms with E-state index in [2.05, 4.69) is 11.0 Å². The highest BCUT2D eigenvalue weighted by molar-refractivity contribution is 7.22. The number of amides is 1. The van der Waals surface area contributed by atoms with E-state index in [1.807, 2.05) is 69.2 Å². The van der Waals surface area contributed by atoms with E-state index in [9.17, 15) is 4.79 Å². The summed E-state index contributed by atoms with van der Waals surface area (Å²) in [6.07, 6.45) is 0.370. The molecule has 3 aromatic rings. The van der Waals surface area contributed by atoms with Crippen LogP contribution in [0.25, 0.3) is 10.2 Å². The summed E-state index contributed by atoms with van der Waals surface area (Å²) in [6, 6.07) is 14.0. The number of hydrogen-bond donors (Lipinski definition) is 0. The number of rotatable bonds is 8. The Bertz CT molecular complexity index is 958. The standard InChI is InChI=1S/C22H27N3O2S.ClH/c1-5-27-18-9-10-19-20(15-18)28-22(23-19)25(12-11-24(3)4)21(26)14-17-8-6-7-16(2)13-17;/h6-10,13,15H,5,11-12,14H2,1-4H3;1H. The van der Waals surface area contributed by atoms with E-state index in [1.54, 1.807) is 0 Å². The second-order valence-electron chi connectivity index (χ2n) is 7.07. The predicted molar refractivity (Wildman–Crippen MR) is 124 cm³/mol. The van der Waals surface area contributed by atoms with Gasteiger partial charge in [0.25, 0.3) is 0 Å². The molecule has 0 unspecified atom stereocenters. The number of carbonyl (C=O) groups is 1. The predicted octanol–water partition coefficient (Wildman–Crippen LogP) is 4.56. The number of nitrogens with zero attached hydrogens (tertiary/aromatic N) is 3. The quantitative estimate of drug-likeness (QED) is 0.522. The summed E-state index contributed by atoms with van der Waals surface area (Å²) in [5, 5.41) is 0.739. The number of aryl methyl sites for hydroxylation is 1. The molecule has 3 rings (SSSR count). The van der Waals surface area contributed by atoms with E-state index < -0.39 is 0 Å². The topological polar surface area (TPSA) is 45.7 Å². The van der Waals surface area contributed by atoms with E-state index in [0.29, 0.717) is 19.6 Å². The lowest BCUT2D eigenvalue weighted by molar-refractivity contribution is -0.118. The van der Waals surface area contributed by atoms with Crippen molar-refractivity contribution in [1.82, 2.24) is 9.88 Å². The zero-order chi connectivity index (χ0) is 20.1. The average Bonchev–Trinajstić information content (AvgIpc) is 3.04. The molecule has 1 amide bonds. The van der Waals surface area contributed by atoms with E-state index in [4.69, 9.17) is 9.72 Å². The zero-order valence-corrected chi connectivity index (χ0v) is 19.0. The van der Waals surface area contributed by atoms with Gasteiger partial charge >= 0.3 is 0 Å². The largest absolute Gasteiger partial charge is 0.494 e. The average molecular weight is 434 g/mol. The molecule has 0 aliphatic carbocycles. The van der Waals surface area contributed by atoms with Crippen molar-refractivity contribution < 1.29 is 9.53 Å². The van der Waals surface area contributed by atoms with Crippen molar-refractivity contribution >= 4 is 45.0 Å². The van der Waals surface area contributed by atoms with Gasteiger partial charge in [-0.25, -0.2) is 4.98 Å². The third-order valence-electron chi connectivity index (χ3n) is 4.40. The molecule has 156 valence electrons. The van der Waals surface area contributed by atoms with Crippen molar-refractivity contribution in [2.24, 2.45) is 0 Å². The van der Waals surface area contributed by atoms with Gasteiger partial charge in [0.1, 0.15) is 5.75 Å². The van der Waals surface area contributed by atoms with Crippen LogP contribution in [0.3, 0.4) is 0 Å². The SMILES string of the molecule is CCOc1ccc2nc(N(CCN(C)C)C(=O)Cc3cccc(C)c3)sc2c1.Cl. The molecule has 5 nitrogen and oxygen atoms in total. The highest BCUT2D eigenvalue weighted by Gasteiger charge is 2.20. The third kappa shape index (κ3) is 6.16. The molecule has 0 saturated carbocycles. The first kappa shape index (κ1) is 23.1. The van der Waals surface area contributed by atoms with Crippen LogP contribution >= 0.6 is 23.7 Å². The minimum atomic E-state index is 0. The number of fused-ring (bicyclic) bond motifs is 1. The summed E-state index contributed by atoms with van der Waals surface area (Å²) >= 11 is 1.53. The van der Waals surface area contributed by atoms with E-state index in [0.717, 1.165) is 38.8 Å². The molecule has 1 heterocycles. The Labute approximate surface area is 182 Å². The number of ether oxygens (including phenoxy) is 1.